The molecule has 1 aromatic rings. The molecule has 0 saturated carbocycles. The fraction of sp³-hybridized carbons (Fsp3) is 0.636. The number of hydrogen-bond acceptors (Lipinski definition) is 2. The quantitative estimate of drug-likeness (QED) is 0.776. The molecule has 5 heteroatoms. The molecule has 1 fully saturated rings. The van der Waals surface area contributed by atoms with Crippen molar-refractivity contribution in [2.45, 2.75) is 12.8 Å². The molecule has 16 heavy (non-hydrogen) atoms. The average Bonchev–Trinajstić information content (AvgIpc) is 2.75. The van der Waals surface area contributed by atoms with E-state index in [4.69, 9.17) is 0 Å². The van der Waals surface area contributed by atoms with E-state index in [0.717, 1.165) is 24.8 Å². The zero-order valence-corrected chi connectivity index (χ0v) is 11.0. The monoisotopic (exact) mass is 285 g/mol. The van der Waals surface area contributed by atoms with Gasteiger partial charge in [-0.1, -0.05) is 15.9 Å². The van der Waals surface area contributed by atoms with Crippen LogP contribution < -0.4 is 0 Å². The topological polar surface area (TPSA) is 38.1 Å². The summed E-state index contributed by atoms with van der Waals surface area (Å²) in [7, 11) is 1.83. The van der Waals surface area contributed by atoms with Gasteiger partial charge >= 0.3 is 0 Å². The Kier molecular flexibility index (Phi) is 3.63. The summed E-state index contributed by atoms with van der Waals surface area (Å²) in [5.41, 5.74) is 0.692. The van der Waals surface area contributed by atoms with Crippen LogP contribution in [0.5, 0.6) is 0 Å². The largest absolute Gasteiger partial charge is 0.338 e. The van der Waals surface area contributed by atoms with E-state index < -0.39 is 0 Å². The van der Waals surface area contributed by atoms with Crippen molar-refractivity contribution in [3.8, 4) is 0 Å². The smallest absolute Gasteiger partial charge is 0.257 e. The Balaban J connectivity index is 2.04. The molecular formula is C11H16BrN3O. The molecule has 2 heterocycles. The van der Waals surface area contributed by atoms with Crippen molar-refractivity contribution in [1.29, 1.82) is 0 Å². The Morgan fingerprint density at radius 2 is 2.50 bits per heavy atom. The van der Waals surface area contributed by atoms with Gasteiger partial charge in [0.15, 0.2) is 0 Å². The van der Waals surface area contributed by atoms with E-state index in [0.29, 0.717) is 11.5 Å². The van der Waals surface area contributed by atoms with Crippen molar-refractivity contribution in [3.63, 3.8) is 0 Å². The van der Waals surface area contributed by atoms with Crippen LogP contribution in [0.1, 0.15) is 23.2 Å². The minimum atomic E-state index is 0.110. The first kappa shape index (κ1) is 11.6. The van der Waals surface area contributed by atoms with Gasteiger partial charge in [-0.05, 0) is 18.8 Å². The highest BCUT2D eigenvalue weighted by molar-refractivity contribution is 9.09. The number of halogens is 1. The molecule has 0 spiro atoms. The minimum absolute atomic E-state index is 0.110. The number of aromatic nitrogens is 2. The lowest BCUT2D eigenvalue weighted by atomic mass is 10.00. The molecule has 0 aliphatic carbocycles. The summed E-state index contributed by atoms with van der Waals surface area (Å²) in [6.45, 7) is 1.73. The molecule has 1 aliphatic rings. The Labute approximate surface area is 104 Å². The minimum Gasteiger partial charge on any atom is -0.338 e. The first-order valence-corrected chi connectivity index (χ1v) is 6.66. The maximum atomic E-state index is 12.1. The van der Waals surface area contributed by atoms with Crippen molar-refractivity contribution in [2.24, 2.45) is 13.0 Å². The summed E-state index contributed by atoms with van der Waals surface area (Å²) in [6.07, 6.45) is 5.73. The number of nitrogens with zero attached hydrogens (tertiary/aromatic N) is 3. The molecule has 4 nitrogen and oxygen atoms in total. The van der Waals surface area contributed by atoms with Crippen LogP contribution in [0.25, 0.3) is 0 Å². The highest BCUT2D eigenvalue weighted by Gasteiger charge is 2.24. The van der Waals surface area contributed by atoms with Gasteiger partial charge < -0.3 is 4.90 Å². The highest BCUT2D eigenvalue weighted by atomic mass is 79.9. The van der Waals surface area contributed by atoms with Crippen molar-refractivity contribution in [3.05, 3.63) is 18.0 Å². The molecule has 88 valence electrons. The molecule has 0 radical (unpaired) electrons. The van der Waals surface area contributed by atoms with E-state index in [-0.39, 0.29) is 5.91 Å². The van der Waals surface area contributed by atoms with Crippen molar-refractivity contribution >= 4 is 21.8 Å². The second-order valence-corrected chi connectivity index (χ2v) is 4.96. The summed E-state index contributed by atoms with van der Waals surface area (Å²) in [6, 6.07) is 0. The maximum absolute atomic E-state index is 12.1. The number of carbonyl (C=O) groups excluding carboxylic acids is 1. The molecule has 1 unspecified atom stereocenters. The van der Waals surface area contributed by atoms with Gasteiger partial charge in [0.25, 0.3) is 5.91 Å². The van der Waals surface area contributed by atoms with Gasteiger partial charge in [0.05, 0.1) is 11.8 Å². The summed E-state index contributed by atoms with van der Waals surface area (Å²) < 4.78 is 1.67. The van der Waals surface area contributed by atoms with E-state index in [1.165, 1.54) is 6.42 Å². The molecule has 1 atom stereocenters. The summed E-state index contributed by atoms with van der Waals surface area (Å²) in [4.78, 5) is 14.1. The third-order valence-electron chi connectivity index (χ3n) is 2.98. The van der Waals surface area contributed by atoms with E-state index >= 15 is 0 Å². The van der Waals surface area contributed by atoms with Crippen molar-refractivity contribution < 1.29 is 4.79 Å². The standard InChI is InChI=1S/C11H16BrN3O/c1-14-8-10(6-13-14)11(16)15-4-2-3-9(5-12)7-15/h6,8-9H,2-5,7H2,1H3. The van der Waals surface area contributed by atoms with Gasteiger partial charge in [-0.2, -0.15) is 5.10 Å². The summed E-state index contributed by atoms with van der Waals surface area (Å²) in [5.74, 6) is 0.702. The number of alkyl halides is 1. The number of carbonyl (C=O) groups is 1. The van der Waals surface area contributed by atoms with E-state index in [1.807, 2.05) is 11.9 Å². The molecule has 1 amide bonds. The van der Waals surface area contributed by atoms with Gasteiger partial charge in [-0.15, -0.1) is 0 Å². The molecule has 2 rings (SSSR count). The lowest BCUT2D eigenvalue weighted by molar-refractivity contribution is 0.0686. The zero-order chi connectivity index (χ0) is 11.5. The first-order chi connectivity index (χ1) is 7.70. The number of piperidine rings is 1. The molecule has 1 aromatic heterocycles. The fourth-order valence-corrected chi connectivity index (χ4v) is 2.62. The Morgan fingerprint density at radius 1 is 1.69 bits per heavy atom. The van der Waals surface area contributed by atoms with Crippen LogP contribution in [-0.2, 0) is 7.05 Å². The predicted molar refractivity (Wildman–Crippen MR) is 65.6 cm³/mol. The van der Waals surface area contributed by atoms with Gasteiger partial charge in [0.2, 0.25) is 0 Å². The van der Waals surface area contributed by atoms with Crippen LogP contribution in [0.3, 0.4) is 0 Å². The van der Waals surface area contributed by atoms with E-state index in [9.17, 15) is 4.79 Å². The summed E-state index contributed by atoms with van der Waals surface area (Å²) in [5, 5.41) is 5.01. The maximum Gasteiger partial charge on any atom is 0.257 e. The van der Waals surface area contributed by atoms with Gasteiger partial charge in [-0.25, -0.2) is 0 Å². The number of aryl methyl sites for hydroxylation is 1. The predicted octanol–water partition coefficient (Wildman–Crippen LogP) is 1.67. The fourth-order valence-electron chi connectivity index (χ4n) is 2.09. The zero-order valence-electron chi connectivity index (χ0n) is 9.40. The molecule has 1 saturated heterocycles. The third kappa shape index (κ3) is 2.45. The van der Waals surface area contributed by atoms with Crippen LogP contribution in [0, 0.1) is 5.92 Å². The lowest BCUT2D eigenvalue weighted by Gasteiger charge is -2.31. The van der Waals surface area contributed by atoms with Gasteiger partial charge in [0, 0.05) is 31.7 Å². The number of likely N-dealkylation sites (tertiary alicyclic amines) is 1. The van der Waals surface area contributed by atoms with Gasteiger partial charge in [0.1, 0.15) is 0 Å². The van der Waals surface area contributed by atoms with Crippen LogP contribution >= 0.6 is 15.9 Å². The molecular weight excluding hydrogens is 270 g/mol. The third-order valence-corrected chi connectivity index (χ3v) is 3.89. The van der Waals surface area contributed by atoms with Crippen LogP contribution in [0.2, 0.25) is 0 Å². The van der Waals surface area contributed by atoms with Crippen LogP contribution in [0.15, 0.2) is 12.4 Å². The van der Waals surface area contributed by atoms with E-state index in [1.54, 1.807) is 17.1 Å². The Morgan fingerprint density at radius 3 is 3.12 bits per heavy atom. The lowest BCUT2D eigenvalue weighted by Crippen LogP contribution is -2.40. The number of hydrogen-bond donors (Lipinski definition) is 0. The van der Waals surface area contributed by atoms with Crippen LogP contribution in [0.4, 0.5) is 0 Å². The highest BCUT2D eigenvalue weighted by Crippen LogP contribution is 2.19. The van der Waals surface area contributed by atoms with Gasteiger partial charge in [-0.3, -0.25) is 9.48 Å². The van der Waals surface area contributed by atoms with Crippen molar-refractivity contribution in [2.75, 3.05) is 18.4 Å². The molecule has 0 bridgehead atoms. The Hall–Kier alpha value is -0.840. The normalized spacial score (nSPS) is 21.1. The SMILES string of the molecule is Cn1cc(C(=O)N2CCCC(CBr)C2)cn1. The summed E-state index contributed by atoms with van der Waals surface area (Å²) >= 11 is 3.49. The Bertz CT molecular complexity index is 377. The molecule has 0 N–H and O–H groups in total. The average molecular weight is 286 g/mol. The van der Waals surface area contributed by atoms with Crippen molar-refractivity contribution in [1.82, 2.24) is 14.7 Å². The van der Waals surface area contributed by atoms with Crippen LogP contribution in [-0.4, -0.2) is 39.0 Å². The first-order valence-electron chi connectivity index (χ1n) is 5.54. The molecule has 0 aromatic carbocycles. The second-order valence-electron chi connectivity index (χ2n) is 4.32. The number of amides is 1. The van der Waals surface area contributed by atoms with E-state index in [2.05, 4.69) is 21.0 Å². The second kappa shape index (κ2) is 4.99. The molecule has 1 aliphatic heterocycles. The number of rotatable bonds is 2.